The maximum absolute atomic E-state index is 12.8. The van der Waals surface area contributed by atoms with E-state index in [0.717, 1.165) is 25.7 Å². The van der Waals surface area contributed by atoms with Gasteiger partial charge in [-0.3, -0.25) is 0 Å². The summed E-state index contributed by atoms with van der Waals surface area (Å²) in [7, 11) is 0. The van der Waals surface area contributed by atoms with Gasteiger partial charge in [0.15, 0.2) is 0 Å². The van der Waals surface area contributed by atoms with Crippen LogP contribution in [0.2, 0.25) is 0 Å². The maximum Gasteiger partial charge on any atom is 0.407 e. The van der Waals surface area contributed by atoms with Crippen molar-refractivity contribution in [3.8, 4) is 0 Å². The molecule has 1 fully saturated rings. The van der Waals surface area contributed by atoms with Gasteiger partial charge < -0.3 is 48.5 Å². The number of amides is 2. The Morgan fingerprint density at radius 2 is 0.806 bits per heavy atom. The molecule has 18 heteroatoms. The molecule has 2 amide bonds. The van der Waals surface area contributed by atoms with Crippen LogP contribution in [0.1, 0.15) is 94.8 Å². The first-order valence-electron chi connectivity index (χ1n) is 20.0. The first-order chi connectivity index (χ1) is 29.5. The highest BCUT2D eigenvalue weighted by Gasteiger charge is 2.25. The van der Waals surface area contributed by atoms with E-state index in [9.17, 15) is 38.4 Å². The van der Waals surface area contributed by atoms with Crippen molar-refractivity contribution in [1.82, 2.24) is 10.6 Å². The lowest BCUT2D eigenvalue weighted by molar-refractivity contribution is -0.140. The van der Waals surface area contributed by atoms with Crippen LogP contribution < -0.4 is 10.6 Å². The molecule has 2 N–H and O–H groups in total. The van der Waals surface area contributed by atoms with Crippen LogP contribution >= 0.6 is 0 Å². The van der Waals surface area contributed by atoms with E-state index in [1.165, 1.54) is 38.1 Å². The van der Waals surface area contributed by atoms with Crippen LogP contribution in [-0.2, 0) is 47.5 Å². The van der Waals surface area contributed by atoms with Gasteiger partial charge in [-0.15, -0.1) is 0 Å². The predicted molar refractivity (Wildman–Crippen MR) is 219 cm³/mol. The van der Waals surface area contributed by atoms with E-state index in [4.69, 9.17) is 37.9 Å². The quantitative estimate of drug-likeness (QED) is 0.0662. The first-order valence-corrected chi connectivity index (χ1v) is 20.0. The molecule has 2 aromatic rings. The highest BCUT2D eigenvalue weighted by Crippen LogP contribution is 2.28. The molecular weight excluding hydrogens is 812 g/mol. The average molecular weight is 867 g/mol. The van der Waals surface area contributed by atoms with E-state index in [2.05, 4.69) is 23.8 Å². The Morgan fingerprint density at radius 3 is 1.11 bits per heavy atom. The van der Waals surface area contributed by atoms with Crippen molar-refractivity contribution in [1.29, 1.82) is 0 Å². The lowest BCUT2D eigenvalue weighted by Gasteiger charge is -2.28. The number of hydrogen-bond donors (Lipinski definition) is 2. The molecule has 1 aliphatic carbocycles. The van der Waals surface area contributed by atoms with Gasteiger partial charge in [0.25, 0.3) is 0 Å². The molecule has 336 valence electrons. The van der Waals surface area contributed by atoms with Crippen molar-refractivity contribution < 1.29 is 76.3 Å². The van der Waals surface area contributed by atoms with Crippen LogP contribution in [0, 0.1) is 11.8 Å². The number of hydrogen-bond acceptors (Lipinski definition) is 16. The van der Waals surface area contributed by atoms with Crippen LogP contribution in [0.4, 0.5) is 9.59 Å². The van der Waals surface area contributed by atoms with Gasteiger partial charge in [-0.05, 0) is 89.5 Å². The van der Waals surface area contributed by atoms with Gasteiger partial charge in [0.2, 0.25) is 0 Å². The number of alkyl carbamates (subject to hydrolysis) is 2. The normalized spacial score (nSPS) is 15.2. The Kier molecular flexibility index (Phi) is 20.7. The second kappa shape index (κ2) is 25.8. The molecular formula is C44H54N2O16. The third-order valence-electron chi connectivity index (χ3n) is 9.08. The Labute approximate surface area is 359 Å². The van der Waals surface area contributed by atoms with Crippen molar-refractivity contribution in [2.45, 2.75) is 65.6 Å². The summed E-state index contributed by atoms with van der Waals surface area (Å²) in [6.45, 7) is 12.3. The molecule has 2 atom stereocenters. The van der Waals surface area contributed by atoms with E-state index in [1.807, 2.05) is 0 Å². The first kappa shape index (κ1) is 49.6. The third kappa shape index (κ3) is 17.5. The van der Waals surface area contributed by atoms with Crippen LogP contribution in [0.3, 0.4) is 0 Å². The zero-order valence-corrected chi connectivity index (χ0v) is 35.4. The Morgan fingerprint density at radius 1 is 0.516 bits per heavy atom. The fourth-order valence-corrected chi connectivity index (χ4v) is 5.77. The Bertz CT molecular complexity index is 1800. The summed E-state index contributed by atoms with van der Waals surface area (Å²) >= 11 is 0. The van der Waals surface area contributed by atoms with Crippen LogP contribution in [-0.4, -0.2) is 113 Å². The Hall–Kier alpha value is -6.72. The van der Waals surface area contributed by atoms with Gasteiger partial charge in [-0.2, -0.15) is 0 Å². The average Bonchev–Trinajstić information content (AvgIpc) is 3.26. The number of nitrogens with one attached hydrogen (secondary N) is 2. The number of benzene rings is 2. The smallest absolute Gasteiger partial charge is 0.407 e. The van der Waals surface area contributed by atoms with Gasteiger partial charge in [0.1, 0.15) is 51.8 Å². The largest absolute Gasteiger partial charge is 0.459 e. The standard InChI is InChI=1S/C44H54N2O16/c1-27(2)37(47)55-19-21-57-39(49)33-11-7-9-13-35(33)41(51)59-25-29(5)61-43(53)45-23-31-15-17-32(18-16-31)24-46-44(54)62-30(6)26-60-42(52)36-14-10-8-12-34(36)40(50)58-22-20-56-38(48)28(3)4/h7-14,29-32H,1,3,15-26H2,2,4-6H3,(H,45,53)(H,46,54). The van der Waals surface area contributed by atoms with E-state index >= 15 is 0 Å². The van der Waals surface area contributed by atoms with Gasteiger partial charge in [-0.1, -0.05) is 37.4 Å². The van der Waals surface area contributed by atoms with Crippen molar-refractivity contribution in [3.05, 3.63) is 95.1 Å². The molecule has 62 heavy (non-hydrogen) atoms. The predicted octanol–water partition coefficient (Wildman–Crippen LogP) is 5.29. The van der Waals surface area contributed by atoms with Crippen LogP contribution in [0.15, 0.2) is 72.8 Å². The number of carbonyl (C=O) groups excluding carboxylic acids is 8. The summed E-state index contributed by atoms with van der Waals surface area (Å²) in [5.74, 6) is -4.15. The number of rotatable bonds is 22. The minimum Gasteiger partial charge on any atom is -0.459 e. The molecule has 1 aliphatic rings. The highest BCUT2D eigenvalue weighted by molar-refractivity contribution is 6.04. The van der Waals surface area contributed by atoms with Crippen molar-refractivity contribution in [2.24, 2.45) is 11.8 Å². The van der Waals surface area contributed by atoms with E-state index < -0.39 is 60.2 Å². The molecule has 0 spiro atoms. The lowest BCUT2D eigenvalue weighted by atomic mass is 9.82. The zero-order valence-electron chi connectivity index (χ0n) is 35.4. The summed E-state index contributed by atoms with van der Waals surface area (Å²) in [6, 6.07) is 11.8. The molecule has 18 nitrogen and oxygen atoms in total. The molecule has 0 heterocycles. The topological polar surface area (TPSA) is 234 Å². The number of ether oxygens (including phenoxy) is 8. The minimum atomic E-state index is -0.822. The molecule has 0 aromatic heterocycles. The molecule has 0 radical (unpaired) electrons. The molecule has 0 saturated heterocycles. The van der Waals surface area contributed by atoms with Crippen molar-refractivity contribution in [2.75, 3.05) is 52.7 Å². The van der Waals surface area contributed by atoms with Gasteiger partial charge >= 0.3 is 48.0 Å². The second-order valence-electron chi connectivity index (χ2n) is 14.5. The summed E-state index contributed by atoms with van der Waals surface area (Å²) in [4.78, 5) is 98.6. The molecule has 1 saturated carbocycles. The molecule has 0 aliphatic heterocycles. The fourth-order valence-electron chi connectivity index (χ4n) is 5.77. The molecule has 0 bridgehead atoms. The van der Waals surface area contributed by atoms with Gasteiger partial charge in [0, 0.05) is 24.2 Å². The molecule has 3 rings (SSSR count). The minimum absolute atomic E-state index is 0.0476. The number of esters is 6. The number of carbonyl (C=O) groups is 8. The monoisotopic (exact) mass is 866 g/mol. The van der Waals surface area contributed by atoms with E-state index in [1.54, 1.807) is 38.1 Å². The van der Waals surface area contributed by atoms with Crippen molar-refractivity contribution >= 4 is 48.0 Å². The molecule has 2 aromatic carbocycles. The van der Waals surface area contributed by atoms with Gasteiger partial charge in [0.05, 0.1) is 22.3 Å². The van der Waals surface area contributed by atoms with E-state index in [0.29, 0.717) is 13.1 Å². The highest BCUT2D eigenvalue weighted by atomic mass is 16.6. The zero-order chi connectivity index (χ0) is 45.6. The summed E-state index contributed by atoms with van der Waals surface area (Å²) in [6.07, 6.45) is 0.200. The second-order valence-corrected chi connectivity index (χ2v) is 14.5. The van der Waals surface area contributed by atoms with Crippen molar-refractivity contribution in [3.63, 3.8) is 0 Å². The lowest BCUT2D eigenvalue weighted by Crippen LogP contribution is -2.37. The molecule has 2 unspecified atom stereocenters. The summed E-state index contributed by atoms with van der Waals surface area (Å²) in [5.41, 5.74) is 0.206. The third-order valence-corrected chi connectivity index (χ3v) is 9.08. The van der Waals surface area contributed by atoms with E-state index in [-0.39, 0.29) is 84.9 Å². The van der Waals surface area contributed by atoms with Crippen LogP contribution in [0.25, 0.3) is 0 Å². The SMILES string of the molecule is C=C(C)C(=O)OCCOC(=O)c1ccccc1C(=O)OCC(C)OC(=O)NCC1CCC(CNC(=O)OC(C)COC(=O)c2ccccc2C(=O)OCCOC(=O)C(=C)C)CC1. The van der Waals surface area contributed by atoms with Gasteiger partial charge in [-0.25, -0.2) is 38.4 Å². The summed E-state index contributed by atoms with van der Waals surface area (Å²) < 4.78 is 41.2. The van der Waals surface area contributed by atoms with Crippen LogP contribution in [0.5, 0.6) is 0 Å². The Balaban J connectivity index is 1.29. The maximum atomic E-state index is 12.8. The fraction of sp³-hybridized carbons (Fsp3) is 0.455. The summed E-state index contributed by atoms with van der Waals surface area (Å²) in [5, 5.41) is 5.48.